The van der Waals surface area contributed by atoms with Crippen molar-refractivity contribution < 1.29 is 68.4 Å². The van der Waals surface area contributed by atoms with Crippen molar-refractivity contribution in [1.82, 2.24) is 0 Å². The molecule has 0 saturated heterocycles. The third kappa shape index (κ3) is 18.4. The van der Waals surface area contributed by atoms with Crippen molar-refractivity contribution in [2.24, 2.45) is 0 Å². The lowest BCUT2D eigenvalue weighted by atomic mass is 10.1. The number of carbonyl (C=O) groups is 2. The van der Waals surface area contributed by atoms with Crippen LogP contribution in [-0.2, 0) is 54.4 Å². The summed E-state index contributed by atoms with van der Waals surface area (Å²) in [7, 11) is -8.58. The van der Waals surface area contributed by atoms with E-state index < -0.39 is 37.9 Å². The van der Waals surface area contributed by atoms with Crippen molar-refractivity contribution >= 4 is 59.9 Å². The normalized spacial score (nSPS) is 12.1. The average Bonchev–Trinajstić information content (AvgIpc) is 3.51. The Morgan fingerprint density at radius 2 is 1.33 bits per heavy atom. The van der Waals surface area contributed by atoms with Crippen LogP contribution in [0.4, 0.5) is 16.4 Å². The number of rotatable bonds is 32. The Kier molecular flexibility index (Phi) is 23.0. The smallest absolute Gasteiger partial charge is 0.348 e. The minimum absolute atomic E-state index is 0.000988. The number of thiophene rings is 1. The number of esters is 2. The Bertz CT molecular complexity index is 1770. The minimum Gasteiger partial charge on any atom is -0.462 e. The lowest BCUT2D eigenvalue weighted by Gasteiger charge is -2.36. The molecule has 0 spiro atoms. The highest BCUT2D eigenvalue weighted by atomic mass is 32.2. The molecular weight excluding hydrogens is 821 g/mol. The molecule has 0 fully saturated rings. The monoisotopic (exact) mass is 883 g/mol. The zero-order chi connectivity index (χ0) is 43.2. The van der Waals surface area contributed by atoms with Crippen LogP contribution >= 0.6 is 11.3 Å². The molecule has 0 radical (unpaired) electrons. The molecule has 0 aliphatic rings. The van der Waals surface area contributed by atoms with Gasteiger partial charge in [0.1, 0.15) is 27.7 Å². The van der Waals surface area contributed by atoms with Gasteiger partial charge in [-0.2, -0.15) is 16.8 Å². The molecule has 2 rings (SSSR count). The predicted octanol–water partition coefficient (Wildman–Crippen LogP) is 4.26. The summed E-state index contributed by atoms with van der Waals surface area (Å²) in [5.74, 6) is -2.91. The lowest BCUT2D eigenvalue weighted by Crippen LogP contribution is -2.50. The molecule has 332 valence electrons. The Morgan fingerprint density at radius 1 is 0.759 bits per heavy atom. The molecule has 0 saturated carbocycles. The fourth-order valence-electron chi connectivity index (χ4n) is 5.98. The van der Waals surface area contributed by atoms with Gasteiger partial charge in [0.05, 0.1) is 97.1 Å². The summed E-state index contributed by atoms with van der Waals surface area (Å²) in [5.41, 5.74) is 8.01. The van der Waals surface area contributed by atoms with E-state index in [0.29, 0.717) is 78.1 Å². The number of hydrazine groups is 1. The van der Waals surface area contributed by atoms with E-state index in [1.807, 2.05) is 32.0 Å². The lowest BCUT2D eigenvalue weighted by molar-refractivity contribution is -0.925. The van der Waals surface area contributed by atoms with Gasteiger partial charge < -0.3 is 37.8 Å². The number of hydrogen-bond acceptors (Lipinski definition) is 16. The van der Waals surface area contributed by atoms with Gasteiger partial charge in [0.2, 0.25) is 0 Å². The van der Waals surface area contributed by atoms with Gasteiger partial charge in [0, 0.05) is 30.8 Å². The SMILES string of the molecule is CCOC(=O)c1sc(NNc2ccc(N(CC)CCOCCOCCOCCOCC[N+](CC)(CC)CCCS(=O)(=O)O)cc2C)c(C(=O)OCC)c1CS(=O)(=O)O. The number of anilines is 3. The summed E-state index contributed by atoms with van der Waals surface area (Å²) >= 11 is 0.809. The maximum atomic E-state index is 12.9. The minimum atomic E-state index is -4.62. The van der Waals surface area contributed by atoms with Crippen molar-refractivity contribution in [2.75, 3.05) is 127 Å². The predicted molar refractivity (Wildman–Crippen MR) is 223 cm³/mol. The topological polar surface area (TPSA) is 226 Å². The number of ether oxygens (including phenoxy) is 6. The van der Waals surface area contributed by atoms with Crippen LogP contribution in [0.1, 0.15) is 72.2 Å². The van der Waals surface area contributed by atoms with E-state index in [2.05, 4.69) is 29.6 Å². The third-order valence-corrected chi connectivity index (χ3v) is 11.8. The van der Waals surface area contributed by atoms with Gasteiger partial charge in [-0.15, -0.1) is 11.3 Å². The van der Waals surface area contributed by atoms with Crippen LogP contribution in [0.2, 0.25) is 0 Å². The number of likely N-dealkylation sites (N-methyl/N-ethyl adjacent to an activating group) is 2. The largest absolute Gasteiger partial charge is 0.462 e. The Balaban J connectivity index is 1.77. The number of carbonyl (C=O) groups excluding carboxylic acids is 2. The number of nitrogens with zero attached hydrogens (tertiary/aromatic N) is 2. The van der Waals surface area contributed by atoms with Crippen LogP contribution in [0.3, 0.4) is 0 Å². The molecular formula is C37H63N4O14S3+. The molecule has 0 amide bonds. The summed E-state index contributed by atoms with van der Waals surface area (Å²) in [4.78, 5) is 27.7. The highest BCUT2D eigenvalue weighted by molar-refractivity contribution is 7.85. The van der Waals surface area contributed by atoms with Crippen LogP contribution in [0.25, 0.3) is 0 Å². The second-order valence-corrected chi connectivity index (χ2v) is 17.2. The maximum Gasteiger partial charge on any atom is 0.348 e. The van der Waals surface area contributed by atoms with Gasteiger partial charge in [0.15, 0.2) is 0 Å². The van der Waals surface area contributed by atoms with E-state index in [1.54, 1.807) is 13.8 Å². The third-order valence-electron chi connectivity index (χ3n) is 9.25. The van der Waals surface area contributed by atoms with Crippen LogP contribution in [0.15, 0.2) is 18.2 Å². The molecule has 1 aromatic carbocycles. The van der Waals surface area contributed by atoms with Gasteiger partial charge in [-0.1, -0.05) is 0 Å². The summed E-state index contributed by atoms with van der Waals surface area (Å²) in [6.07, 6.45) is 0.403. The number of hydrogen-bond donors (Lipinski definition) is 4. The van der Waals surface area contributed by atoms with Crippen LogP contribution < -0.4 is 15.8 Å². The van der Waals surface area contributed by atoms with E-state index >= 15 is 0 Å². The van der Waals surface area contributed by atoms with E-state index in [-0.39, 0.29) is 40.0 Å². The van der Waals surface area contributed by atoms with Gasteiger partial charge in [-0.3, -0.25) is 20.0 Å². The van der Waals surface area contributed by atoms with Crippen LogP contribution in [0.5, 0.6) is 0 Å². The van der Waals surface area contributed by atoms with E-state index in [4.69, 9.17) is 33.0 Å². The Hall–Kier alpha value is -3.12. The van der Waals surface area contributed by atoms with E-state index in [1.165, 1.54) is 0 Å². The molecule has 0 atom stereocenters. The zero-order valence-corrected chi connectivity index (χ0v) is 37.0. The van der Waals surface area contributed by atoms with Crippen LogP contribution in [-0.4, -0.2) is 153 Å². The Labute approximate surface area is 347 Å². The molecule has 0 aliphatic carbocycles. The van der Waals surface area contributed by atoms with Gasteiger partial charge >= 0.3 is 11.9 Å². The Morgan fingerprint density at radius 3 is 1.84 bits per heavy atom. The summed E-state index contributed by atoms with van der Waals surface area (Å²) in [6, 6.07) is 5.74. The van der Waals surface area contributed by atoms with Gasteiger partial charge in [-0.05, 0) is 65.3 Å². The average molecular weight is 884 g/mol. The van der Waals surface area contributed by atoms with Crippen molar-refractivity contribution in [3.63, 3.8) is 0 Å². The molecule has 2 aromatic rings. The molecule has 18 nitrogen and oxygen atoms in total. The fourth-order valence-corrected chi connectivity index (χ4v) is 8.27. The highest BCUT2D eigenvalue weighted by Gasteiger charge is 2.31. The standard InChI is InChI=1S/C37H62N4O14S3/c1-7-40(15-18-50-20-22-52-24-25-53-23-21-51-19-17-41(8-2,9-3)16-12-26-57(44,45)46)30-13-14-32(29(6)27-30)38-39-35-33(36(42)54-10-4)31(28-58(47,48)49)34(56-35)37(43)55-11-5/h13-14,27,38H,7-12,15-26,28H2,1-6H3,(H2-,39,42,43,44,45,46,47,48,49)/p+1. The van der Waals surface area contributed by atoms with E-state index in [9.17, 15) is 31.0 Å². The summed E-state index contributed by atoms with van der Waals surface area (Å²) in [5, 5.41) is 0.117. The zero-order valence-electron chi connectivity index (χ0n) is 34.6. The first-order valence-electron chi connectivity index (χ1n) is 19.5. The molecule has 1 heterocycles. The molecule has 58 heavy (non-hydrogen) atoms. The second-order valence-electron chi connectivity index (χ2n) is 13.1. The summed E-state index contributed by atoms with van der Waals surface area (Å²) < 4.78 is 98.1. The van der Waals surface area contributed by atoms with Crippen molar-refractivity contribution in [2.45, 2.75) is 53.7 Å². The second kappa shape index (κ2) is 26.2. The number of nitrogens with one attached hydrogen (secondary N) is 2. The van der Waals surface area contributed by atoms with Crippen molar-refractivity contribution in [3.05, 3.63) is 39.8 Å². The fraction of sp³-hybridized carbons (Fsp3) is 0.676. The first kappa shape index (κ1) is 51.0. The maximum absolute atomic E-state index is 12.9. The number of quaternary nitrogens is 1. The van der Waals surface area contributed by atoms with Crippen molar-refractivity contribution in [1.29, 1.82) is 0 Å². The van der Waals surface area contributed by atoms with Crippen LogP contribution in [0, 0.1) is 6.92 Å². The molecule has 1 aromatic heterocycles. The van der Waals surface area contributed by atoms with Gasteiger partial charge in [0.25, 0.3) is 20.2 Å². The summed E-state index contributed by atoms with van der Waals surface area (Å²) in [6.45, 7) is 19.3. The van der Waals surface area contributed by atoms with Crippen molar-refractivity contribution in [3.8, 4) is 0 Å². The quantitative estimate of drug-likeness (QED) is 0.0265. The van der Waals surface area contributed by atoms with Gasteiger partial charge in [-0.25, -0.2) is 9.59 Å². The first-order valence-corrected chi connectivity index (χ1v) is 23.5. The number of benzene rings is 1. The number of aryl methyl sites for hydroxylation is 1. The molecule has 0 unspecified atom stereocenters. The highest BCUT2D eigenvalue weighted by Crippen LogP contribution is 2.36. The molecule has 4 N–H and O–H groups in total. The van der Waals surface area contributed by atoms with E-state index in [0.717, 1.165) is 53.2 Å². The molecule has 0 bridgehead atoms. The first-order chi connectivity index (χ1) is 27.5. The molecule has 0 aliphatic heterocycles. The molecule has 21 heteroatoms.